The average Bonchev–Trinajstić information content (AvgIpc) is 2.45. The summed E-state index contributed by atoms with van der Waals surface area (Å²) in [4.78, 5) is 12.0. The van der Waals surface area contributed by atoms with Crippen molar-refractivity contribution < 1.29 is 22.7 Å². The van der Waals surface area contributed by atoms with E-state index in [4.69, 9.17) is 10.5 Å². The number of hydrogen-bond donors (Lipinski definition) is 2. The van der Waals surface area contributed by atoms with E-state index in [-0.39, 0.29) is 24.9 Å². The second kappa shape index (κ2) is 7.30. The Kier molecular flexibility index (Phi) is 6.22. The van der Waals surface area contributed by atoms with Gasteiger partial charge >= 0.3 is 6.18 Å². The first kappa shape index (κ1) is 18.7. The van der Waals surface area contributed by atoms with E-state index in [2.05, 4.69) is 5.32 Å². The molecule has 0 bridgehead atoms. The Balaban J connectivity index is 0.00000242. The molecule has 124 valence electrons. The number of rotatable bonds is 3. The molecule has 1 saturated heterocycles. The van der Waals surface area contributed by atoms with Gasteiger partial charge in [-0.25, -0.2) is 0 Å². The third-order valence-electron chi connectivity index (χ3n) is 3.57. The molecule has 22 heavy (non-hydrogen) atoms. The van der Waals surface area contributed by atoms with E-state index in [1.54, 1.807) is 0 Å². The zero-order valence-electron chi connectivity index (χ0n) is 11.8. The Hall–Kier alpha value is -1.31. The zero-order valence-corrected chi connectivity index (χ0v) is 12.6. The molecule has 0 spiro atoms. The van der Waals surface area contributed by atoms with Crippen molar-refractivity contribution >= 4 is 18.3 Å². The van der Waals surface area contributed by atoms with Gasteiger partial charge in [-0.1, -0.05) is 12.1 Å². The summed E-state index contributed by atoms with van der Waals surface area (Å²) in [7, 11) is 0. The highest BCUT2D eigenvalue weighted by atomic mass is 35.5. The fraction of sp³-hybridized carbons (Fsp3) is 0.500. The first-order valence-electron chi connectivity index (χ1n) is 6.62. The van der Waals surface area contributed by atoms with Crippen LogP contribution in [0.1, 0.15) is 24.0 Å². The molecule has 3 N–H and O–H groups in total. The summed E-state index contributed by atoms with van der Waals surface area (Å²) in [5.74, 6) is -0.300. The summed E-state index contributed by atoms with van der Waals surface area (Å²) in [5.41, 5.74) is 4.93. The van der Waals surface area contributed by atoms with Gasteiger partial charge in [0.05, 0.1) is 11.1 Å². The second-order valence-corrected chi connectivity index (χ2v) is 5.15. The topological polar surface area (TPSA) is 64.4 Å². The Morgan fingerprint density at radius 3 is 2.27 bits per heavy atom. The largest absolute Gasteiger partial charge is 0.416 e. The molecule has 8 heteroatoms. The molecule has 0 unspecified atom stereocenters. The van der Waals surface area contributed by atoms with Crippen LogP contribution < -0.4 is 11.1 Å². The molecule has 4 nitrogen and oxygen atoms in total. The van der Waals surface area contributed by atoms with Gasteiger partial charge in [0.25, 0.3) is 0 Å². The highest BCUT2D eigenvalue weighted by molar-refractivity contribution is 5.86. The lowest BCUT2D eigenvalue weighted by Gasteiger charge is -2.31. The van der Waals surface area contributed by atoms with E-state index in [1.165, 1.54) is 12.1 Å². The molecule has 1 amide bonds. The fourth-order valence-corrected chi connectivity index (χ4v) is 2.13. The lowest BCUT2D eigenvalue weighted by atomic mass is 9.90. The van der Waals surface area contributed by atoms with Gasteiger partial charge in [0.1, 0.15) is 0 Å². The van der Waals surface area contributed by atoms with E-state index in [1.807, 2.05) is 0 Å². The lowest BCUT2D eigenvalue weighted by molar-refractivity contribution is -0.137. The lowest BCUT2D eigenvalue weighted by Crippen LogP contribution is -2.56. The summed E-state index contributed by atoms with van der Waals surface area (Å²) in [6.45, 7) is 1.02. The van der Waals surface area contributed by atoms with E-state index < -0.39 is 17.3 Å². The van der Waals surface area contributed by atoms with Crippen LogP contribution in [0.25, 0.3) is 0 Å². The Morgan fingerprint density at radius 2 is 1.77 bits per heavy atom. The molecule has 1 aromatic rings. The number of nitrogens with one attached hydrogen (secondary N) is 1. The summed E-state index contributed by atoms with van der Waals surface area (Å²) in [6.07, 6.45) is -3.48. The molecule has 0 atom stereocenters. The first-order chi connectivity index (χ1) is 9.81. The minimum absolute atomic E-state index is 0. The van der Waals surface area contributed by atoms with Crippen molar-refractivity contribution in [2.75, 3.05) is 13.2 Å². The first-order valence-corrected chi connectivity index (χ1v) is 6.62. The van der Waals surface area contributed by atoms with Crippen molar-refractivity contribution in [3.63, 3.8) is 0 Å². The van der Waals surface area contributed by atoms with E-state index in [0.29, 0.717) is 31.6 Å². The Morgan fingerprint density at radius 1 is 1.23 bits per heavy atom. The number of amides is 1. The van der Waals surface area contributed by atoms with Crippen molar-refractivity contribution in [3.05, 3.63) is 35.4 Å². The molecule has 1 aromatic carbocycles. The molecule has 0 aliphatic carbocycles. The van der Waals surface area contributed by atoms with Crippen LogP contribution >= 0.6 is 12.4 Å². The molecule has 0 aromatic heterocycles. The van der Waals surface area contributed by atoms with E-state index >= 15 is 0 Å². The number of halogens is 4. The van der Waals surface area contributed by atoms with Crippen LogP contribution in [0.4, 0.5) is 13.2 Å². The van der Waals surface area contributed by atoms with Gasteiger partial charge in [-0.3, -0.25) is 4.79 Å². The maximum atomic E-state index is 12.4. The van der Waals surface area contributed by atoms with Gasteiger partial charge < -0.3 is 15.8 Å². The normalized spacial score (nSPS) is 17.5. The second-order valence-electron chi connectivity index (χ2n) is 5.15. The molecular formula is C14H18ClF3N2O2. The van der Waals surface area contributed by atoms with Crippen LogP contribution in [0.2, 0.25) is 0 Å². The van der Waals surface area contributed by atoms with E-state index in [9.17, 15) is 18.0 Å². The summed E-state index contributed by atoms with van der Waals surface area (Å²) in [6, 6.07) is 4.68. The van der Waals surface area contributed by atoms with Gasteiger partial charge in [0, 0.05) is 19.8 Å². The maximum absolute atomic E-state index is 12.4. The number of benzene rings is 1. The number of carbonyl (C=O) groups is 1. The van der Waals surface area contributed by atoms with Crippen molar-refractivity contribution in [1.82, 2.24) is 5.32 Å². The van der Waals surface area contributed by atoms with Crippen molar-refractivity contribution in [2.24, 2.45) is 5.73 Å². The molecule has 0 saturated carbocycles. The highest BCUT2D eigenvalue weighted by Crippen LogP contribution is 2.29. The molecule has 2 rings (SSSR count). The zero-order chi connectivity index (χ0) is 15.5. The van der Waals surface area contributed by atoms with Crippen LogP contribution in [0.3, 0.4) is 0 Å². The molecular weight excluding hydrogens is 321 g/mol. The molecule has 1 fully saturated rings. The number of hydrogen-bond acceptors (Lipinski definition) is 3. The number of alkyl halides is 3. The average molecular weight is 339 g/mol. The van der Waals surface area contributed by atoms with Crippen LogP contribution in [0.5, 0.6) is 0 Å². The van der Waals surface area contributed by atoms with Crippen LogP contribution in [-0.2, 0) is 22.3 Å². The van der Waals surface area contributed by atoms with Crippen molar-refractivity contribution in [1.29, 1.82) is 0 Å². The van der Waals surface area contributed by atoms with Crippen LogP contribution in [0.15, 0.2) is 24.3 Å². The van der Waals surface area contributed by atoms with Crippen molar-refractivity contribution in [3.8, 4) is 0 Å². The van der Waals surface area contributed by atoms with Gasteiger partial charge in [-0.15, -0.1) is 12.4 Å². The smallest absolute Gasteiger partial charge is 0.381 e. The standard InChI is InChI=1S/C14H17F3N2O2.ClH/c15-14(16,17)11-3-1-10(2-4-11)9-19-12(20)13(18)5-7-21-8-6-13;/h1-4H,5-9,18H2,(H,19,20);1H. The van der Waals surface area contributed by atoms with Crippen LogP contribution in [0, 0.1) is 0 Å². The van der Waals surface area contributed by atoms with Gasteiger partial charge in [0.15, 0.2) is 0 Å². The summed E-state index contributed by atoms with van der Waals surface area (Å²) >= 11 is 0. The van der Waals surface area contributed by atoms with E-state index in [0.717, 1.165) is 12.1 Å². The summed E-state index contributed by atoms with van der Waals surface area (Å²) in [5, 5.41) is 2.67. The van der Waals surface area contributed by atoms with Crippen LogP contribution in [-0.4, -0.2) is 24.7 Å². The van der Waals surface area contributed by atoms with Gasteiger partial charge in [-0.2, -0.15) is 13.2 Å². The van der Waals surface area contributed by atoms with Gasteiger partial charge in [0.2, 0.25) is 5.91 Å². The molecule has 1 aliphatic heterocycles. The maximum Gasteiger partial charge on any atom is 0.416 e. The quantitative estimate of drug-likeness (QED) is 0.888. The van der Waals surface area contributed by atoms with Crippen molar-refractivity contribution in [2.45, 2.75) is 31.1 Å². The third kappa shape index (κ3) is 4.59. The third-order valence-corrected chi connectivity index (χ3v) is 3.57. The Labute approximate surface area is 132 Å². The monoisotopic (exact) mass is 338 g/mol. The SMILES string of the molecule is Cl.NC1(C(=O)NCc2ccc(C(F)(F)F)cc2)CCOCC1. The number of carbonyl (C=O) groups excluding carboxylic acids is 1. The number of ether oxygens (including phenoxy) is 1. The molecule has 1 aliphatic rings. The Bertz CT molecular complexity index is 500. The minimum Gasteiger partial charge on any atom is -0.381 e. The predicted molar refractivity (Wildman–Crippen MR) is 77.5 cm³/mol. The minimum atomic E-state index is -4.36. The van der Waals surface area contributed by atoms with Gasteiger partial charge in [-0.05, 0) is 30.5 Å². The predicted octanol–water partition coefficient (Wildman–Crippen LogP) is 2.25. The summed E-state index contributed by atoms with van der Waals surface area (Å²) < 4.78 is 42.4. The number of nitrogens with two attached hydrogens (primary N) is 1. The fourth-order valence-electron chi connectivity index (χ4n) is 2.13. The molecule has 1 heterocycles. The highest BCUT2D eigenvalue weighted by Gasteiger charge is 2.35. The molecule has 0 radical (unpaired) electrons.